The van der Waals surface area contributed by atoms with Gasteiger partial charge in [0.15, 0.2) is 23.0 Å². The summed E-state index contributed by atoms with van der Waals surface area (Å²) in [6.45, 7) is 0.629. The van der Waals surface area contributed by atoms with Crippen molar-refractivity contribution in [3.05, 3.63) is 124 Å². The summed E-state index contributed by atoms with van der Waals surface area (Å²) in [5, 5.41) is 0. The second kappa shape index (κ2) is 16.8. The van der Waals surface area contributed by atoms with Crippen LogP contribution in [-0.2, 0) is 35.6 Å². The van der Waals surface area contributed by atoms with Crippen molar-refractivity contribution in [2.75, 3.05) is 37.7 Å². The second-order valence-electron chi connectivity index (χ2n) is 15.2. The zero-order chi connectivity index (χ0) is 42.0. The van der Waals surface area contributed by atoms with Gasteiger partial charge in [-0.3, -0.25) is 34.2 Å². The molecule has 0 radical (unpaired) electrons. The number of benzene rings is 5. The molecule has 0 N–H and O–H groups in total. The van der Waals surface area contributed by atoms with Gasteiger partial charge in [0.25, 0.3) is 11.8 Å². The van der Waals surface area contributed by atoms with Crippen molar-refractivity contribution in [2.45, 2.75) is 57.4 Å². The molecule has 0 bridgehead atoms. The van der Waals surface area contributed by atoms with Crippen molar-refractivity contribution < 1.29 is 42.8 Å². The number of anilines is 2. The average molecular weight is 821 g/mol. The van der Waals surface area contributed by atoms with E-state index in [-0.39, 0.29) is 43.1 Å². The van der Waals surface area contributed by atoms with Crippen LogP contribution in [0.3, 0.4) is 0 Å². The lowest BCUT2D eigenvalue weighted by atomic mass is 10.1. The molecule has 61 heavy (non-hydrogen) atoms. The van der Waals surface area contributed by atoms with Crippen LogP contribution in [0.5, 0.6) is 28.7 Å². The molecule has 5 aromatic carbocycles. The van der Waals surface area contributed by atoms with E-state index in [9.17, 15) is 14.4 Å². The highest BCUT2D eigenvalue weighted by Crippen LogP contribution is 2.43. The van der Waals surface area contributed by atoms with Crippen molar-refractivity contribution in [2.24, 2.45) is 9.98 Å². The number of esters is 1. The fourth-order valence-corrected chi connectivity index (χ4v) is 8.34. The SMILES string of the molecule is COC(=O)CCCCOc1cc(COc2cc3c(cc2OC)C(=O)N2c4ccccc4CC2C=N3)cc(COc2cc3c(cc2OC)C(=O)N2c4ccccc4CC2C=N3)c1. The van der Waals surface area contributed by atoms with Gasteiger partial charge in [-0.05, 0) is 77.6 Å². The number of amides is 2. The van der Waals surface area contributed by atoms with Crippen LogP contribution in [0.1, 0.15) is 62.2 Å². The standard InChI is InChI=1S/C48H44N4O9/c1-56-42-21-36-38(49-25-33-19-31-10-4-6-12-40(31)51(33)47(36)54)23-44(42)60-27-29-16-30(18-35(17-29)59-15-9-8-14-46(53)58-3)28-61-45-24-39-37(22-43(45)57-2)48(55)52-34(26-50-39)20-32-11-5-7-13-41(32)52/h4-7,10-13,16-18,21-26,33-34H,8-9,14-15,19-20,27-28H2,1-3H3. The Morgan fingerprint density at radius 2 is 1.13 bits per heavy atom. The number of methoxy groups -OCH3 is 3. The third-order valence-electron chi connectivity index (χ3n) is 11.3. The minimum absolute atomic E-state index is 0.126. The average Bonchev–Trinajstić information content (AvgIpc) is 3.78. The van der Waals surface area contributed by atoms with Crippen molar-refractivity contribution >= 4 is 53.0 Å². The molecule has 0 spiro atoms. The van der Waals surface area contributed by atoms with E-state index in [0.717, 1.165) is 33.6 Å². The van der Waals surface area contributed by atoms with Gasteiger partial charge in [0, 0.05) is 55.2 Å². The minimum atomic E-state index is -0.262. The van der Waals surface area contributed by atoms with Gasteiger partial charge in [0.2, 0.25) is 0 Å². The number of carbonyl (C=O) groups excluding carboxylic acids is 3. The molecule has 13 nitrogen and oxygen atoms in total. The number of carbonyl (C=O) groups is 3. The van der Waals surface area contributed by atoms with E-state index in [4.69, 9.17) is 38.4 Å². The first-order chi connectivity index (χ1) is 29.8. The van der Waals surface area contributed by atoms with Crippen molar-refractivity contribution in [3.63, 3.8) is 0 Å². The molecule has 13 heteroatoms. The summed E-state index contributed by atoms with van der Waals surface area (Å²) >= 11 is 0. The van der Waals surface area contributed by atoms with E-state index in [0.29, 0.717) is 90.0 Å². The molecule has 2 unspecified atom stereocenters. The van der Waals surface area contributed by atoms with E-state index in [1.807, 2.05) is 79.2 Å². The van der Waals surface area contributed by atoms with E-state index < -0.39 is 0 Å². The predicted octanol–water partition coefficient (Wildman–Crippen LogP) is 8.16. The van der Waals surface area contributed by atoms with Gasteiger partial charge in [-0.25, -0.2) is 0 Å². The summed E-state index contributed by atoms with van der Waals surface area (Å²) in [6.07, 6.45) is 6.60. The Hall–Kier alpha value is -7.15. The number of unbranched alkanes of at least 4 members (excludes halogenated alkanes) is 1. The van der Waals surface area contributed by atoms with Gasteiger partial charge in [0.05, 0.1) is 62.5 Å². The van der Waals surface area contributed by atoms with E-state index in [1.54, 1.807) is 34.1 Å². The number of para-hydroxylation sites is 2. The van der Waals surface area contributed by atoms with Gasteiger partial charge in [0.1, 0.15) is 19.0 Å². The molecule has 0 fully saturated rings. The maximum absolute atomic E-state index is 13.9. The van der Waals surface area contributed by atoms with Crippen LogP contribution in [0.25, 0.3) is 0 Å². The number of fused-ring (bicyclic) bond motifs is 8. The van der Waals surface area contributed by atoms with Gasteiger partial charge in [-0.2, -0.15) is 0 Å². The summed E-state index contributed by atoms with van der Waals surface area (Å²) < 4.78 is 35.2. The first-order valence-corrected chi connectivity index (χ1v) is 20.2. The van der Waals surface area contributed by atoms with E-state index >= 15 is 0 Å². The smallest absolute Gasteiger partial charge is 0.305 e. The number of hydrogen-bond acceptors (Lipinski definition) is 11. The largest absolute Gasteiger partial charge is 0.494 e. The third-order valence-corrected chi connectivity index (χ3v) is 11.3. The molecule has 9 rings (SSSR count). The second-order valence-corrected chi connectivity index (χ2v) is 15.2. The Morgan fingerprint density at radius 1 is 0.623 bits per heavy atom. The molecular weight excluding hydrogens is 777 g/mol. The molecule has 0 saturated carbocycles. The first-order valence-electron chi connectivity index (χ1n) is 20.2. The highest BCUT2D eigenvalue weighted by molar-refractivity contribution is 6.15. The lowest BCUT2D eigenvalue weighted by molar-refractivity contribution is -0.140. The van der Waals surface area contributed by atoms with Gasteiger partial charge < -0.3 is 28.4 Å². The Bertz CT molecular complexity index is 2440. The fourth-order valence-electron chi connectivity index (χ4n) is 8.34. The molecule has 2 amide bonds. The highest BCUT2D eigenvalue weighted by Gasteiger charge is 2.38. The molecule has 310 valence electrons. The molecule has 5 aromatic rings. The summed E-state index contributed by atoms with van der Waals surface area (Å²) in [7, 11) is 4.45. The van der Waals surface area contributed by atoms with Crippen molar-refractivity contribution in [1.29, 1.82) is 0 Å². The van der Waals surface area contributed by atoms with Gasteiger partial charge in [-0.1, -0.05) is 36.4 Å². The zero-order valence-corrected chi connectivity index (χ0v) is 34.1. The molecule has 0 aliphatic carbocycles. The number of nitrogens with zero attached hydrogens (tertiary/aromatic N) is 4. The van der Waals surface area contributed by atoms with Gasteiger partial charge >= 0.3 is 5.97 Å². The first kappa shape index (κ1) is 39.3. The Morgan fingerprint density at radius 3 is 1.62 bits per heavy atom. The number of hydrogen-bond donors (Lipinski definition) is 0. The summed E-state index contributed by atoms with van der Waals surface area (Å²) in [4.78, 5) is 52.6. The molecule has 0 saturated heterocycles. The van der Waals surface area contributed by atoms with Crippen LogP contribution in [0.2, 0.25) is 0 Å². The molecule has 0 aromatic heterocycles. The molecule has 4 aliphatic heterocycles. The molecule has 2 atom stereocenters. The molecule has 4 aliphatic rings. The van der Waals surface area contributed by atoms with Crippen LogP contribution in [0.4, 0.5) is 22.7 Å². The normalized spacial score (nSPS) is 16.6. The predicted molar refractivity (Wildman–Crippen MR) is 230 cm³/mol. The van der Waals surface area contributed by atoms with Crippen LogP contribution in [-0.4, -0.2) is 70.2 Å². The zero-order valence-electron chi connectivity index (χ0n) is 34.1. The maximum atomic E-state index is 13.9. The number of rotatable bonds is 14. The summed E-state index contributed by atoms with van der Waals surface area (Å²) in [5.74, 6) is 1.68. The van der Waals surface area contributed by atoms with Crippen LogP contribution in [0, 0.1) is 0 Å². The van der Waals surface area contributed by atoms with E-state index in [1.165, 1.54) is 21.3 Å². The topological polar surface area (TPSA) is 138 Å². The molecule has 4 heterocycles. The third kappa shape index (κ3) is 7.74. The lowest BCUT2D eigenvalue weighted by Crippen LogP contribution is -2.37. The summed E-state index contributed by atoms with van der Waals surface area (Å²) in [6, 6.07) is 28.0. The van der Waals surface area contributed by atoms with Crippen LogP contribution >= 0.6 is 0 Å². The number of aliphatic imine (C=N–C) groups is 2. The van der Waals surface area contributed by atoms with E-state index in [2.05, 4.69) is 0 Å². The van der Waals surface area contributed by atoms with Crippen molar-refractivity contribution in [1.82, 2.24) is 0 Å². The quantitative estimate of drug-likeness (QED) is 0.0803. The summed E-state index contributed by atoms with van der Waals surface area (Å²) in [5.41, 5.74) is 7.40. The minimum Gasteiger partial charge on any atom is -0.494 e. The van der Waals surface area contributed by atoms with Crippen LogP contribution < -0.4 is 33.5 Å². The van der Waals surface area contributed by atoms with Gasteiger partial charge in [-0.15, -0.1) is 0 Å². The van der Waals surface area contributed by atoms with Crippen LogP contribution in [0.15, 0.2) is 101 Å². The maximum Gasteiger partial charge on any atom is 0.305 e. The van der Waals surface area contributed by atoms with Crippen molar-refractivity contribution in [3.8, 4) is 28.7 Å². The lowest BCUT2D eigenvalue weighted by Gasteiger charge is -2.22. The Kier molecular flexibility index (Phi) is 10.9. The molecular formula is C48H44N4O9. The monoisotopic (exact) mass is 820 g/mol. The Labute approximate surface area is 353 Å². The Balaban J connectivity index is 0.953. The number of ether oxygens (including phenoxy) is 6. The fraction of sp³-hybridized carbons (Fsp3) is 0.271. The highest BCUT2D eigenvalue weighted by atomic mass is 16.5.